The maximum absolute atomic E-state index is 12.1. The first-order valence-electron chi connectivity index (χ1n) is 6.67. The second kappa shape index (κ2) is 5.58. The predicted molar refractivity (Wildman–Crippen MR) is 76.5 cm³/mol. The van der Waals surface area contributed by atoms with Gasteiger partial charge in [-0.25, -0.2) is 15.1 Å². The van der Waals surface area contributed by atoms with Gasteiger partial charge in [-0.2, -0.15) is 5.10 Å². The van der Waals surface area contributed by atoms with Crippen LogP contribution in [0.3, 0.4) is 0 Å². The number of aromatic nitrogens is 3. The molecule has 6 heteroatoms. The fourth-order valence-electron chi connectivity index (χ4n) is 2.05. The molecule has 0 aliphatic heterocycles. The van der Waals surface area contributed by atoms with Crippen LogP contribution in [0, 0.1) is 0 Å². The van der Waals surface area contributed by atoms with E-state index in [1.807, 2.05) is 32.4 Å². The molecule has 0 spiro atoms. The van der Waals surface area contributed by atoms with Crippen LogP contribution in [-0.2, 0) is 4.84 Å². The van der Waals surface area contributed by atoms with E-state index in [9.17, 15) is 4.79 Å². The molecule has 6 nitrogen and oxygen atoms in total. The van der Waals surface area contributed by atoms with Gasteiger partial charge < -0.3 is 0 Å². The van der Waals surface area contributed by atoms with Crippen LogP contribution in [0.5, 0.6) is 0 Å². The molecule has 0 radical (unpaired) electrons. The molecular weight excluding hydrogens is 256 g/mol. The summed E-state index contributed by atoms with van der Waals surface area (Å²) >= 11 is 0. The molecule has 2 heterocycles. The van der Waals surface area contributed by atoms with Crippen molar-refractivity contribution in [3.63, 3.8) is 0 Å². The van der Waals surface area contributed by atoms with E-state index < -0.39 is 0 Å². The number of hydroxylamine groups is 1. The third-order valence-electron chi connectivity index (χ3n) is 3.11. The quantitative estimate of drug-likeness (QED) is 0.871. The number of hydrogen-bond acceptors (Lipinski definition) is 4. The Morgan fingerprint density at radius 1 is 1.35 bits per heavy atom. The highest BCUT2D eigenvalue weighted by Crippen LogP contribution is 2.24. The molecule has 0 saturated heterocycles. The Morgan fingerprint density at radius 3 is 2.60 bits per heavy atom. The minimum absolute atomic E-state index is 0.181. The van der Waals surface area contributed by atoms with Crippen molar-refractivity contribution in [2.24, 2.45) is 0 Å². The number of nitrogens with one attached hydrogen (secondary N) is 1. The summed E-state index contributed by atoms with van der Waals surface area (Å²) in [6.07, 6.45) is 1.68. The summed E-state index contributed by atoms with van der Waals surface area (Å²) in [5.74, 6) is -0.0610. The molecule has 20 heavy (non-hydrogen) atoms. The van der Waals surface area contributed by atoms with Gasteiger partial charge in [0, 0.05) is 11.7 Å². The molecule has 2 aromatic rings. The van der Waals surface area contributed by atoms with E-state index >= 15 is 0 Å². The molecule has 0 fully saturated rings. The summed E-state index contributed by atoms with van der Waals surface area (Å²) in [6, 6.07) is 1.98. The van der Waals surface area contributed by atoms with E-state index in [-0.39, 0.29) is 17.9 Å². The first-order chi connectivity index (χ1) is 9.45. The first kappa shape index (κ1) is 14.5. The van der Waals surface area contributed by atoms with E-state index in [4.69, 9.17) is 4.84 Å². The van der Waals surface area contributed by atoms with Gasteiger partial charge in [-0.1, -0.05) is 13.8 Å². The van der Waals surface area contributed by atoms with Crippen LogP contribution < -0.4 is 5.48 Å². The molecular formula is C14H20N4O2. The summed E-state index contributed by atoms with van der Waals surface area (Å²) in [6.45, 7) is 8.15. The number of pyridine rings is 1. The van der Waals surface area contributed by atoms with Crippen molar-refractivity contribution < 1.29 is 9.63 Å². The number of amides is 1. The highest BCUT2D eigenvalue weighted by molar-refractivity contribution is 6.05. The van der Waals surface area contributed by atoms with Crippen molar-refractivity contribution in [1.29, 1.82) is 0 Å². The number of rotatable bonds is 4. The van der Waals surface area contributed by atoms with Crippen molar-refractivity contribution >= 4 is 16.9 Å². The zero-order valence-corrected chi connectivity index (χ0v) is 12.5. The van der Waals surface area contributed by atoms with E-state index in [0.29, 0.717) is 5.56 Å². The van der Waals surface area contributed by atoms with Crippen molar-refractivity contribution in [1.82, 2.24) is 20.2 Å². The molecule has 0 aromatic carbocycles. The molecule has 1 amide bonds. The molecule has 2 aromatic heterocycles. The number of carbonyl (C=O) groups excluding carboxylic acids is 1. The maximum atomic E-state index is 12.1. The highest BCUT2D eigenvalue weighted by Gasteiger charge is 2.18. The maximum Gasteiger partial charge on any atom is 0.275 e. The molecule has 0 unspecified atom stereocenters. The summed E-state index contributed by atoms with van der Waals surface area (Å²) in [5.41, 5.74) is 4.48. The molecule has 108 valence electrons. The largest absolute Gasteiger partial charge is 0.277 e. The Balaban J connectivity index is 2.69. The van der Waals surface area contributed by atoms with Gasteiger partial charge in [0.05, 0.1) is 24.3 Å². The molecule has 0 saturated carbocycles. The highest BCUT2D eigenvalue weighted by atomic mass is 16.6. The molecule has 2 rings (SSSR count). The minimum atomic E-state index is -0.287. The molecule has 0 aliphatic carbocycles. The van der Waals surface area contributed by atoms with Crippen molar-refractivity contribution in [2.75, 3.05) is 7.11 Å². The van der Waals surface area contributed by atoms with Crippen LogP contribution in [0.15, 0.2) is 12.3 Å². The van der Waals surface area contributed by atoms with E-state index in [2.05, 4.69) is 15.6 Å². The zero-order chi connectivity index (χ0) is 14.9. The third kappa shape index (κ3) is 2.51. The van der Waals surface area contributed by atoms with Crippen molar-refractivity contribution in [3.05, 3.63) is 23.5 Å². The van der Waals surface area contributed by atoms with Crippen LogP contribution >= 0.6 is 0 Å². The lowest BCUT2D eigenvalue weighted by molar-refractivity contribution is 0.0539. The predicted octanol–water partition coefficient (Wildman–Crippen LogP) is 2.43. The molecule has 1 N–H and O–H groups in total. The van der Waals surface area contributed by atoms with Gasteiger partial charge in [0.25, 0.3) is 5.91 Å². The second-order valence-corrected chi connectivity index (χ2v) is 5.30. The Morgan fingerprint density at radius 2 is 2.05 bits per heavy atom. The van der Waals surface area contributed by atoms with Gasteiger partial charge in [0.2, 0.25) is 0 Å². The van der Waals surface area contributed by atoms with Crippen LogP contribution in [0.25, 0.3) is 11.0 Å². The Labute approximate surface area is 118 Å². The average molecular weight is 276 g/mol. The Kier molecular flexibility index (Phi) is 4.04. The SMILES string of the molecule is CONC(=O)c1cc(C(C)C)nc2c1cnn2C(C)C. The number of carbonyl (C=O) groups is 1. The average Bonchev–Trinajstić information content (AvgIpc) is 2.81. The summed E-state index contributed by atoms with van der Waals surface area (Å²) < 4.78 is 1.82. The fourth-order valence-corrected chi connectivity index (χ4v) is 2.05. The number of fused-ring (bicyclic) bond motifs is 1. The fraction of sp³-hybridized carbons (Fsp3) is 0.500. The van der Waals surface area contributed by atoms with Gasteiger partial charge in [0.1, 0.15) is 0 Å². The van der Waals surface area contributed by atoms with Crippen LogP contribution in [0.2, 0.25) is 0 Å². The summed E-state index contributed by atoms with van der Waals surface area (Å²) in [7, 11) is 1.41. The Bertz CT molecular complexity index is 631. The van der Waals surface area contributed by atoms with Crippen LogP contribution in [0.4, 0.5) is 0 Å². The molecule has 0 atom stereocenters. The third-order valence-corrected chi connectivity index (χ3v) is 3.11. The smallest absolute Gasteiger partial charge is 0.275 e. The number of nitrogens with zero attached hydrogens (tertiary/aromatic N) is 3. The van der Waals surface area contributed by atoms with Crippen LogP contribution in [0.1, 0.15) is 55.7 Å². The van der Waals surface area contributed by atoms with Gasteiger partial charge in [-0.05, 0) is 25.8 Å². The first-order valence-corrected chi connectivity index (χ1v) is 6.67. The topological polar surface area (TPSA) is 69.0 Å². The zero-order valence-electron chi connectivity index (χ0n) is 12.5. The van der Waals surface area contributed by atoms with Crippen molar-refractivity contribution in [3.8, 4) is 0 Å². The lowest BCUT2D eigenvalue weighted by Crippen LogP contribution is -2.22. The Hall–Kier alpha value is -1.95. The lowest BCUT2D eigenvalue weighted by Gasteiger charge is -2.11. The van der Waals surface area contributed by atoms with Gasteiger partial charge in [0.15, 0.2) is 5.65 Å². The normalized spacial score (nSPS) is 11.6. The van der Waals surface area contributed by atoms with Crippen LogP contribution in [-0.4, -0.2) is 27.8 Å². The lowest BCUT2D eigenvalue weighted by atomic mass is 10.1. The van der Waals surface area contributed by atoms with Crippen molar-refractivity contribution in [2.45, 2.75) is 39.7 Å². The summed E-state index contributed by atoms with van der Waals surface area (Å²) in [5, 5.41) is 5.07. The van der Waals surface area contributed by atoms with E-state index in [0.717, 1.165) is 16.7 Å². The molecule has 0 aliphatic rings. The minimum Gasteiger partial charge on any atom is -0.277 e. The number of hydrogen-bond donors (Lipinski definition) is 1. The van der Waals surface area contributed by atoms with E-state index in [1.54, 1.807) is 12.3 Å². The standard InChI is InChI=1S/C14H20N4O2/c1-8(2)12-6-10(14(19)17-20-5)11-7-15-18(9(3)4)13(11)16-12/h6-9H,1-5H3,(H,17,19). The summed E-state index contributed by atoms with van der Waals surface area (Å²) in [4.78, 5) is 21.5. The van der Waals surface area contributed by atoms with Gasteiger partial charge >= 0.3 is 0 Å². The second-order valence-electron chi connectivity index (χ2n) is 5.30. The van der Waals surface area contributed by atoms with Gasteiger partial charge in [-0.3, -0.25) is 9.63 Å². The molecule has 0 bridgehead atoms. The van der Waals surface area contributed by atoms with Gasteiger partial charge in [-0.15, -0.1) is 0 Å². The van der Waals surface area contributed by atoms with E-state index in [1.165, 1.54) is 7.11 Å². The monoisotopic (exact) mass is 276 g/mol.